The molecule has 0 aromatic heterocycles. The Bertz CT molecular complexity index is 730. The standard InChI is InChI=1S/C20H26ClNO4/c1-6-14-10-13-11-20(24-4,25-5)9-8-15(13)18-16(19(23)26-7-2)17(21)12(3)22(14)18/h8-10,12,14H,6-7,11H2,1-5H3. The highest BCUT2D eigenvalue weighted by Crippen LogP contribution is 2.48. The van der Waals surface area contributed by atoms with Crippen LogP contribution in [0.4, 0.5) is 0 Å². The smallest absolute Gasteiger partial charge is 0.341 e. The van der Waals surface area contributed by atoms with Crippen LogP contribution in [0.5, 0.6) is 0 Å². The van der Waals surface area contributed by atoms with E-state index in [4.69, 9.17) is 25.8 Å². The molecule has 1 aliphatic carbocycles. The number of fused-ring (bicyclic) bond motifs is 2. The summed E-state index contributed by atoms with van der Waals surface area (Å²) in [5.41, 5.74) is 3.44. The van der Waals surface area contributed by atoms with Gasteiger partial charge in [0, 0.05) is 32.3 Å². The van der Waals surface area contributed by atoms with E-state index in [1.165, 1.54) is 0 Å². The van der Waals surface area contributed by atoms with Crippen LogP contribution in [0, 0.1) is 0 Å². The second-order valence-electron chi connectivity index (χ2n) is 6.69. The van der Waals surface area contributed by atoms with Crippen molar-refractivity contribution in [3.05, 3.63) is 45.7 Å². The summed E-state index contributed by atoms with van der Waals surface area (Å²) in [5, 5.41) is 0.544. The van der Waals surface area contributed by atoms with Gasteiger partial charge < -0.3 is 19.1 Å². The summed E-state index contributed by atoms with van der Waals surface area (Å²) >= 11 is 6.60. The second kappa shape index (κ2) is 7.22. The molecule has 2 aliphatic heterocycles. The van der Waals surface area contributed by atoms with Crippen LogP contribution in [-0.2, 0) is 19.0 Å². The average molecular weight is 380 g/mol. The van der Waals surface area contributed by atoms with Gasteiger partial charge in [-0.15, -0.1) is 0 Å². The van der Waals surface area contributed by atoms with Crippen LogP contribution < -0.4 is 0 Å². The van der Waals surface area contributed by atoms with Gasteiger partial charge in [0.15, 0.2) is 5.79 Å². The SMILES string of the molecule is CCOC(=O)C1=C(Cl)C(C)N2C1=C1C=CC(OC)(OC)CC1=CC2CC. The first-order valence-corrected chi connectivity index (χ1v) is 9.41. The average Bonchev–Trinajstić information content (AvgIpc) is 2.92. The molecular formula is C20H26ClNO4. The summed E-state index contributed by atoms with van der Waals surface area (Å²) < 4.78 is 16.5. The number of carbonyl (C=O) groups excluding carboxylic acids is 1. The van der Waals surface area contributed by atoms with E-state index in [9.17, 15) is 4.79 Å². The first-order valence-electron chi connectivity index (χ1n) is 9.03. The number of halogens is 1. The van der Waals surface area contributed by atoms with Crippen molar-refractivity contribution in [1.29, 1.82) is 0 Å². The largest absolute Gasteiger partial charge is 0.462 e. The van der Waals surface area contributed by atoms with Gasteiger partial charge in [0.25, 0.3) is 0 Å². The molecule has 0 bridgehead atoms. The van der Waals surface area contributed by atoms with E-state index < -0.39 is 5.79 Å². The summed E-state index contributed by atoms with van der Waals surface area (Å²) in [4.78, 5) is 14.9. The molecule has 6 heteroatoms. The van der Waals surface area contributed by atoms with E-state index in [1.807, 2.05) is 19.1 Å². The molecule has 0 saturated carbocycles. The minimum atomic E-state index is -0.780. The molecule has 5 nitrogen and oxygen atoms in total. The van der Waals surface area contributed by atoms with Crippen molar-refractivity contribution >= 4 is 17.6 Å². The second-order valence-corrected chi connectivity index (χ2v) is 7.09. The van der Waals surface area contributed by atoms with Gasteiger partial charge >= 0.3 is 5.97 Å². The van der Waals surface area contributed by atoms with Crippen molar-refractivity contribution in [2.24, 2.45) is 0 Å². The van der Waals surface area contributed by atoms with Crippen LogP contribution in [0.3, 0.4) is 0 Å². The van der Waals surface area contributed by atoms with Crippen LogP contribution in [0.15, 0.2) is 45.7 Å². The van der Waals surface area contributed by atoms with Gasteiger partial charge in [-0.1, -0.05) is 30.7 Å². The number of esters is 1. The number of ether oxygens (including phenoxy) is 3. The van der Waals surface area contributed by atoms with Crippen molar-refractivity contribution in [3.63, 3.8) is 0 Å². The number of rotatable bonds is 5. The Morgan fingerprint density at radius 1 is 1.35 bits per heavy atom. The molecule has 0 aromatic rings. The number of allylic oxidation sites excluding steroid dienone is 2. The van der Waals surface area contributed by atoms with Crippen molar-refractivity contribution < 1.29 is 19.0 Å². The molecule has 0 N–H and O–H groups in total. The molecule has 2 atom stereocenters. The van der Waals surface area contributed by atoms with Gasteiger partial charge in [-0.05, 0) is 31.9 Å². The quantitative estimate of drug-likeness (QED) is 0.538. The molecule has 0 fully saturated rings. The maximum Gasteiger partial charge on any atom is 0.341 e. The van der Waals surface area contributed by atoms with Crippen LogP contribution in [0.2, 0.25) is 0 Å². The van der Waals surface area contributed by atoms with E-state index >= 15 is 0 Å². The Morgan fingerprint density at radius 2 is 2.04 bits per heavy atom. The molecule has 26 heavy (non-hydrogen) atoms. The van der Waals surface area contributed by atoms with Crippen molar-refractivity contribution in [2.45, 2.75) is 51.5 Å². The minimum Gasteiger partial charge on any atom is -0.462 e. The zero-order valence-electron chi connectivity index (χ0n) is 16.0. The Hall–Kier alpha value is -1.56. The molecule has 0 aromatic carbocycles. The molecule has 2 heterocycles. The van der Waals surface area contributed by atoms with Gasteiger partial charge in [0.05, 0.1) is 23.4 Å². The number of hydrogen-bond acceptors (Lipinski definition) is 5. The summed E-state index contributed by atoms with van der Waals surface area (Å²) in [6.45, 7) is 6.27. The number of hydrogen-bond donors (Lipinski definition) is 0. The third-order valence-electron chi connectivity index (χ3n) is 5.40. The lowest BCUT2D eigenvalue weighted by molar-refractivity contribution is -0.169. The number of methoxy groups -OCH3 is 2. The molecule has 0 spiro atoms. The van der Waals surface area contributed by atoms with Crippen molar-refractivity contribution in [3.8, 4) is 0 Å². The summed E-state index contributed by atoms with van der Waals surface area (Å²) in [6.07, 6.45) is 7.60. The lowest BCUT2D eigenvalue weighted by Gasteiger charge is -2.41. The Labute approximate surface area is 159 Å². The zero-order valence-corrected chi connectivity index (χ0v) is 16.7. The molecule has 0 radical (unpaired) electrons. The van der Waals surface area contributed by atoms with Gasteiger partial charge in [0.1, 0.15) is 5.57 Å². The monoisotopic (exact) mass is 379 g/mol. The molecule has 2 unspecified atom stereocenters. The molecular weight excluding hydrogens is 354 g/mol. The maximum absolute atomic E-state index is 12.6. The van der Waals surface area contributed by atoms with Crippen molar-refractivity contribution in [1.82, 2.24) is 4.90 Å². The van der Waals surface area contributed by atoms with E-state index in [1.54, 1.807) is 21.1 Å². The topological polar surface area (TPSA) is 48.0 Å². The number of carbonyl (C=O) groups is 1. The molecule has 3 aliphatic rings. The van der Waals surface area contributed by atoms with Gasteiger partial charge in [-0.3, -0.25) is 0 Å². The van der Waals surface area contributed by atoms with Crippen LogP contribution in [0.25, 0.3) is 0 Å². The lowest BCUT2D eigenvalue weighted by Crippen LogP contribution is -2.42. The molecule has 0 amide bonds. The molecule has 142 valence electrons. The Morgan fingerprint density at radius 3 is 2.62 bits per heavy atom. The predicted molar refractivity (Wildman–Crippen MR) is 101 cm³/mol. The van der Waals surface area contributed by atoms with Crippen molar-refractivity contribution in [2.75, 3.05) is 20.8 Å². The van der Waals surface area contributed by atoms with Crippen LogP contribution >= 0.6 is 11.6 Å². The lowest BCUT2D eigenvalue weighted by atomic mass is 9.84. The fourth-order valence-electron chi connectivity index (χ4n) is 4.00. The van der Waals surface area contributed by atoms with E-state index in [2.05, 4.69) is 17.9 Å². The number of nitrogens with zero attached hydrogens (tertiary/aromatic N) is 1. The van der Waals surface area contributed by atoms with Crippen LogP contribution in [0.1, 0.15) is 33.6 Å². The van der Waals surface area contributed by atoms with Crippen LogP contribution in [-0.4, -0.2) is 49.6 Å². The summed E-state index contributed by atoms with van der Waals surface area (Å²) in [5.74, 6) is -1.15. The summed E-state index contributed by atoms with van der Waals surface area (Å²) in [6, 6.07) is 0.0867. The van der Waals surface area contributed by atoms with Gasteiger partial charge in [-0.2, -0.15) is 0 Å². The van der Waals surface area contributed by atoms with E-state index in [0.717, 1.165) is 23.3 Å². The third kappa shape index (κ3) is 2.82. The normalized spacial score (nSPS) is 26.7. The fraction of sp³-hybridized carbons (Fsp3) is 0.550. The Kier molecular flexibility index (Phi) is 5.33. The first-order chi connectivity index (χ1) is 12.4. The fourth-order valence-corrected chi connectivity index (χ4v) is 4.27. The highest BCUT2D eigenvalue weighted by Gasteiger charge is 2.45. The molecule has 3 rings (SSSR count). The highest BCUT2D eigenvalue weighted by molar-refractivity contribution is 6.33. The third-order valence-corrected chi connectivity index (χ3v) is 5.90. The summed E-state index contributed by atoms with van der Waals surface area (Å²) in [7, 11) is 3.27. The minimum absolute atomic E-state index is 0.0637. The highest BCUT2D eigenvalue weighted by atomic mass is 35.5. The maximum atomic E-state index is 12.6. The first kappa shape index (κ1) is 19.2. The molecule has 0 saturated heterocycles. The van der Waals surface area contributed by atoms with E-state index in [0.29, 0.717) is 23.6 Å². The Balaban J connectivity index is 2.18. The van der Waals surface area contributed by atoms with Gasteiger partial charge in [-0.25, -0.2) is 4.79 Å². The van der Waals surface area contributed by atoms with Gasteiger partial charge in [0.2, 0.25) is 0 Å². The predicted octanol–water partition coefficient (Wildman–Crippen LogP) is 3.67. The zero-order chi connectivity index (χ0) is 19.1. The van der Waals surface area contributed by atoms with E-state index in [-0.39, 0.29) is 18.1 Å².